The maximum atomic E-state index is 13.1. The quantitative estimate of drug-likeness (QED) is 0.822. The number of anilines is 1. The van der Waals surface area contributed by atoms with Gasteiger partial charge in [0, 0.05) is 18.8 Å². The van der Waals surface area contributed by atoms with Crippen LogP contribution in [0.5, 0.6) is 0 Å². The van der Waals surface area contributed by atoms with Crippen LogP contribution < -0.4 is 5.32 Å². The molecular formula is C17H15FN2O2. The lowest BCUT2D eigenvalue weighted by Gasteiger charge is -2.28. The number of benzene rings is 2. The predicted octanol–water partition coefficient (Wildman–Crippen LogP) is 2.35. The summed E-state index contributed by atoms with van der Waals surface area (Å²) in [5, 5.41) is 2.43. The van der Waals surface area contributed by atoms with Crippen LogP contribution in [0.1, 0.15) is 11.1 Å². The summed E-state index contributed by atoms with van der Waals surface area (Å²) in [6.45, 7) is 0.929. The molecule has 0 fully saturated rings. The Labute approximate surface area is 127 Å². The van der Waals surface area contributed by atoms with Gasteiger partial charge in [-0.2, -0.15) is 0 Å². The van der Waals surface area contributed by atoms with Crippen molar-refractivity contribution in [2.75, 3.05) is 11.9 Å². The highest BCUT2D eigenvalue weighted by Gasteiger charge is 2.25. The number of halogens is 1. The van der Waals surface area contributed by atoms with E-state index >= 15 is 0 Å². The van der Waals surface area contributed by atoms with E-state index in [2.05, 4.69) is 5.32 Å². The van der Waals surface area contributed by atoms with Gasteiger partial charge in [0.05, 0.1) is 0 Å². The molecule has 2 aromatic rings. The molecular weight excluding hydrogens is 283 g/mol. The average molecular weight is 298 g/mol. The summed E-state index contributed by atoms with van der Waals surface area (Å²) in [7, 11) is 0. The first-order chi connectivity index (χ1) is 10.6. The van der Waals surface area contributed by atoms with Crippen LogP contribution in [-0.2, 0) is 22.6 Å². The number of amides is 2. The molecule has 0 saturated heterocycles. The molecule has 0 bridgehead atoms. The molecule has 1 aliphatic rings. The van der Waals surface area contributed by atoms with Gasteiger partial charge >= 0.3 is 11.8 Å². The Morgan fingerprint density at radius 3 is 2.59 bits per heavy atom. The molecule has 0 radical (unpaired) electrons. The van der Waals surface area contributed by atoms with Crippen molar-refractivity contribution in [2.24, 2.45) is 0 Å². The first-order valence-corrected chi connectivity index (χ1v) is 7.06. The van der Waals surface area contributed by atoms with Crippen molar-refractivity contribution in [3.63, 3.8) is 0 Å². The second-order valence-electron chi connectivity index (χ2n) is 5.21. The minimum absolute atomic E-state index is 0.274. The van der Waals surface area contributed by atoms with Gasteiger partial charge in [-0.1, -0.05) is 30.3 Å². The van der Waals surface area contributed by atoms with Gasteiger partial charge in [-0.3, -0.25) is 9.59 Å². The molecule has 0 atom stereocenters. The molecule has 4 nitrogen and oxygen atoms in total. The fourth-order valence-corrected chi connectivity index (χ4v) is 2.56. The van der Waals surface area contributed by atoms with E-state index in [1.54, 1.807) is 6.07 Å². The fraction of sp³-hybridized carbons (Fsp3) is 0.176. The Hall–Kier alpha value is -2.69. The Kier molecular flexibility index (Phi) is 3.87. The number of rotatable bonds is 1. The third-order valence-corrected chi connectivity index (χ3v) is 3.69. The van der Waals surface area contributed by atoms with Crippen molar-refractivity contribution in [1.82, 2.24) is 4.90 Å². The number of carbonyl (C=O) groups excluding carboxylic acids is 2. The zero-order valence-corrected chi connectivity index (χ0v) is 11.9. The van der Waals surface area contributed by atoms with Crippen molar-refractivity contribution < 1.29 is 14.0 Å². The maximum absolute atomic E-state index is 13.1. The summed E-state index contributed by atoms with van der Waals surface area (Å²) in [6.07, 6.45) is 0.731. The minimum atomic E-state index is -0.745. The van der Waals surface area contributed by atoms with E-state index in [4.69, 9.17) is 0 Å². The van der Waals surface area contributed by atoms with Crippen molar-refractivity contribution in [1.29, 1.82) is 0 Å². The molecule has 3 rings (SSSR count). The van der Waals surface area contributed by atoms with Gasteiger partial charge in [0.1, 0.15) is 5.82 Å². The van der Waals surface area contributed by atoms with Gasteiger partial charge in [-0.25, -0.2) is 4.39 Å². The van der Waals surface area contributed by atoms with Crippen LogP contribution in [0.2, 0.25) is 0 Å². The highest BCUT2D eigenvalue weighted by atomic mass is 19.1. The van der Waals surface area contributed by atoms with E-state index in [0.29, 0.717) is 13.1 Å². The lowest BCUT2D eigenvalue weighted by Crippen LogP contribution is -2.42. The predicted molar refractivity (Wildman–Crippen MR) is 80.6 cm³/mol. The number of nitrogens with one attached hydrogen (secondary N) is 1. The van der Waals surface area contributed by atoms with Crippen molar-refractivity contribution in [3.05, 3.63) is 65.5 Å². The molecule has 2 amide bonds. The Bertz CT molecular complexity index is 730. The average Bonchev–Trinajstić information content (AvgIpc) is 2.53. The standard InChI is InChI=1S/C17H15FN2O2/c18-14-6-3-7-15(10-14)19-16(21)17(22)20-9-8-12-4-1-2-5-13(12)11-20/h1-7,10H,8-9,11H2,(H,19,21). The molecule has 0 aromatic heterocycles. The Balaban J connectivity index is 1.68. The van der Waals surface area contributed by atoms with Gasteiger partial charge in [0.15, 0.2) is 0 Å². The minimum Gasteiger partial charge on any atom is -0.330 e. The zero-order valence-electron chi connectivity index (χ0n) is 11.9. The van der Waals surface area contributed by atoms with E-state index in [-0.39, 0.29) is 5.69 Å². The Morgan fingerprint density at radius 2 is 1.82 bits per heavy atom. The SMILES string of the molecule is O=C(Nc1cccc(F)c1)C(=O)N1CCc2ccccc2C1. The fourth-order valence-electron chi connectivity index (χ4n) is 2.56. The molecule has 0 spiro atoms. The maximum Gasteiger partial charge on any atom is 0.313 e. The number of carbonyl (C=O) groups is 2. The van der Waals surface area contributed by atoms with Crippen LogP contribution >= 0.6 is 0 Å². The molecule has 0 aliphatic carbocycles. The van der Waals surface area contributed by atoms with Crippen LogP contribution in [0.3, 0.4) is 0 Å². The monoisotopic (exact) mass is 298 g/mol. The number of nitrogens with zero attached hydrogens (tertiary/aromatic N) is 1. The van der Waals surface area contributed by atoms with Crippen molar-refractivity contribution in [3.8, 4) is 0 Å². The van der Waals surface area contributed by atoms with Gasteiger partial charge in [-0.05, 0) is 35.7 Å². The number of fused-ring (bicyclic) bond motifs is 1. The van der Waals surface area contributed by atoms with Gasteiger partial charge in [0.2, 0.25) is 0 Å². The van der Waals surface area contributed by atoms with Crippen LogP contribution in [0, 0.1) is 5.82 Å². The molecule has 0 unspecified atom stereocenters. The Morgan fingerprint density at radius 1 is 1.05 bits per heavy atom. The van der Waals surface area contributed by atoms with Crippen LogP contribution in [0.15, 0.2) is 48.5 Å². The van der Waals surface area contributed by atoms with Crippen LogP contribution in [-0.4, -0.2) is 23.3 Å². The third-order valence-electron chi connectivity index (χ3n) is 3.69. The molecule has 1 N–H and O–H groups in total. The lowest BCUT2D eigenvalue weighted by molar-refractivity contribution is -0.143. The van der Waals surface area contributed by atoms with Crippen molar-refractivity contribution in [2.45, 2.75) is 13.0 Å². The van der Waals surface area contributed by atoms with Crippen LogP contribution in [0.25, 0.3) is 0 Å². The molecule has 1 aliphatic heterocycles. The summed E-state index contributed by atoms with van der Waals surface area (Å²) >= 11 is 0. The zero-order chi connectivity index (χ0) is 15.5. The van der Waals surface area contributed by atoms with Gasteiger partial charge < -0.3 is 10.2 Å². The highest BCUT2D eigenvalue weighted by molar-refractivity contribution is 6.39. The van der Waals surface area contributed by atoms with E-state index < -0.39 is 17.6 Å². The molecule has 1 heterocycles. The summed E-state index contributed by atoms with van der Waals surface area (Å²) in [5.41, 5.74) is 2.54. The summed E-state index contributed by atoms with van der Waals surface area (Å²) in [5.74, 6) is -1.80. The highest BCUT2D eigenvalue weighted by Crippen LogP contribution is 2.19. The van der Waals surface area contributed by atoms with Gasteiger partial charge in [-0.15, -0.1) is 0 Å². The number of hydrogen-bond donors (Lipinski definition) is 1. The van der Waals surface area contributed by atoms with E-state index in [1.165, 1.54) is 28.7 Å². The van der Waals surface area contributed by atoms with Crippen molar-refractivity contribution >= 4 is 17.5 Å². The van der Waals surface area contributed by atoms with Gasteiger partial charge in [0.25, 0.3) is 0 Å². The first kappa shape index (κ1) is 14.3. The van der Waals surface area contributed by atoms with E-state index in [9.17, 15) is 14.0 Å². The first-order valence-electron chi connectivity index (χ1n) is 7.06. The number of hydrogen-bond acceptors (Lipinski definition) is 2. The van der Waals surface area contributed by atoms with Crippen LogP contribution in [0.4, 0.5) is 10.1 Å². The summed E-state index contributed by atoms with van der Waals surface area (Å²) in [6, 6.07) is 13.3. The second kappa shape index (κ2) is 5.97. The second-order valence-corrected chi connectivity index (χ2v) is 5.21. The third kappa shape index (κ3) is 2.98. The summed E-state index contributed by atoms with van der Waals surface area (Å²) < 4.78 is 13.1. The molecule has 5 heteroatoms. The normalized spacial score (nSPS) is 13.4. The molecule has 0 saturated carbocycles. The van der Waals surface area contributed by atoms with E-state index in [1.807, 2.05) is 24.3 Å². The van der Waals surface area contributed by atoms with E-state index in [0.717, 1.165) is 12.0 Å². The summed E-state index contributed by atoms with van der Waals surface area (Å²) in [4.78, 5) is 25.7. The molecule has 112 valence electrons. The molecule has 22 heavy (non-hydrogen) atoms. The smallest absolute Gasteiger partial charge is 0.313 e. The largest absolute Gasteiger partial charge is 0.330 e. The lowest BCUT2D eigenvalue weighted by atomic mass is 10.00. The topological polar surface area (TPSA) is 49.4 Å². The molecule has 2 aromatic carbocycles.